The average Bonchev–Trinajstić information content (AvgIpc) is 2.50. The number of nitro benzene ring substituents is 1. The van der Waals surface area contributed by atoms with Gasteiger partial charge in [0.15, 0.2) is 5.03 Å². The van der Waals surface area contributed by atoms with Crippen LogP contribution in [0.1, 0.15) is 5.56 Å². The third-order valence-electron chi connectivity index (χ3n) is 2.91. The Hall–Kier alpha value is -3.21. The van der Waals surface area contributed by atoms with Crippen LogP contribution in [-0.2, 0) is 9.84 Å². The molecule has 0 aliphatic carbocycles. The highest BCUT2D eigenvalue weighted by Gasteiger charge is 2.28. The topological polar surface area (TPSA) is 158 Å². The predicted molar refractivity (Wildman–Crippen MR) is 78.7 cm³/mol. The standard InChI is InChI=1S/C12H10N4O6S/c1-2-9-10(13)14-12(17)15(18)11(9)23(21,22)8-5-3-7(4-6-8)16(19)20/h2-6,18H,1H2,(H2,13,14,17). The van der Waals surface area contributed by atoms with E-state index in [1.54, 1.807) is 0 Å². The fraction of sp³-hybridized carbons (Fsp3) is 0. The second-order valence-electron chi connectivity index (χ2n) is 4.27. The highest BCUT2D eigenvalue weighted by atomic mass is 32.2. The van der Waals surface area contributed by atoms with Gasteiger partial charge in [0.25, 0.3) is 5.69 Å². The first-order valence-electron chi connectivity index (χ1n) is 5.94. The van der Waals surface area contributed by atoms with Crippen LogP contribution in [0, 0.1) is 10.1 Å². The van der Waals surface area contributed by atoms with Crippen molar-refractivity contribution in [2.24, 2.45) is 0 Å². The first-order chi connectivity index (χ1) is 10.7. The summed E-state index contributed by atoms with van der Waals surface area (Å²) in [6, 6.07) is 3.90. The lowest BCUT2D eigenvalue weighted by molar-refractivity contribution is -0.384. The first kappa shape index (κ1) is 16.2. The zero-order valence-electron chi connectivity index (χ0n) is 11.4. The van der Waals surface area contributed by atoms with Crippen molar-refractivity contribution < 1.29 is 18.5 Å². The molecule has 3 N–H and O–H groups in total. The highest BCUT2D eigenvalue weighted by molar-refractivity contribution is 7.91. The van der Waals surface area contributed by atoms with Gasteiger partial charge in [0.05, 0.1) is 15.4 Å². The largest absolute Gasteiger partial charge is 0.423 e. The van der Waals surface area contributed by atoms with Gasteiger partial charge >= 0.3 is 5.69 Å². The van der Waals surface area contributed by atoms with Crippen LogP contribution in [0.2, 0.25) is 0 Å². The lowest BCUT2D eigenvalue weighted by Gasteiger charge is -2.11. The molecule has 120 valence electrons. The van der Waals surface area contributed by atoms with Gasteiger partial charge in [-0.3, -0.25) is 10.1 Å². The van der Waals surface area contributed by atoms with E-state index in [0.29, 0.717) is 0 Å². The molecule has 0 amide bonds. The van der Waals surface area contributed by atoms with E-state index < -0.39 is 31.3 Å². The molecule has 2 aromatic rings. The Labute approximate surface area is 129 Å². The molecule has 0 unspecified atom stereocenters. The summed E-state index contributed by atoms with van der Waals surface area (Å²) >= 11 is 0. The third kappa shape index (κ3) is 2.64. The van der Waals surface area contributed by atoms with Crippen LogP contribution in [0.5, 0.6) is 0 Å². The molecular formula is C12H10N4O6S. The smallest absolute Gasteiger partial charge is 0.383 e. The Morgan fingerprint density at radius 3 is 2.39 bits per heavy atom. The second kappa shape index (κ2) is 5.53. The summed E-state index contributed by atoms with van der Waals surface area (Å²) in [6.45, 7) is 3.37. The Morgan fingerprint density at radius 2 is 1.91 bits per heavy atom. The molecule has 0 radical (unpaired) electrons. The average molecular weight is 338 g/mol. The SMILES string of the molecule is C=Cc1c(N)nc(=O)n(O)c1S(=O)(=O)c1ccc([N+](=O)[O-])cc1. The molecule has 0 bridgehead atoms. The molecule has 1 aromatic carbocycles. The number of nitrogens with two attached hydrogens (primary N) is 1. The van der Waals surface area contributed by atoms with Gasteiger partial charge < -0.3 is 10.9 Å². The molecule has 10 nitrogen and oxygen atoms in total. The van der Waals surface area contributed by atoms with Gasteiger partial charge in [-0.1, -0.05) is 12.7 Å². The van der Waals surface area contributed by atoms with Crippen molar-refractivity contribution in [2.45, 2.75) is 9.92 Å². The zero-order valence-corrected chi connectivity index (χ0v) is 12.2. The summed E-state index contributed by atoms with van der Waals surface area (Å²) in [5.74, 6) is -0.421. The van der Waals surface area contributed by atoms with Crippen LogP contribution in [0.4, 0.5) is 11.5 Å². The molecule has 0 saturated carbocycles. The van der Waals surface area contributed by atoms with Gasteiger partial charge in [0.1, 0.15) is 5.82 Å². The van der Waals surface area contributed by atoms with Gasteiger partial charge in [-0.15, -0.1) is 4.73 Å². The van der Waals surface area contributed by atoms with E-state index in [0.717, 1.165) is 30.3 Å². The summed E-state index contributed by atoms with van der Waals surface area (Å²) in [5.41, 5.74) is 3.62. The number of anilines is 1. The molecular weight excluding hydrogens is 328 g/mol. The summed E-state index contributed by atoms with van der Waals surface area (Å²) in [6.07, 6.45) is 1.02. The number of hydrogen-bond acceptors (Lipinski definition) is 8. The van der Waals surface area contributed by atoms with E-state index in [-0.39, 0.29) is 20.9 Å². The minimum absolute atomic E-state index is 0.163. The van der Waals surface area contributed by atoms with Crippen molar-refractivity contribution in [1.82, 2.24) is 9.71 Å². The highest BCUT2D eigenvalue weighted by Crippen LogP contribution is 2.27. The monoisotopic (exact) mass is 338 g/mol. The number of nitro groups is 1. The van der Waals surface area contributed by atoms with Crippen LogP contribution in [0.15, 0.2) is 45.6 Å². The molecule has 0 spiro atoms. The molecule has 0 atom stereocenters. The number of sulfone groups is 1. The number of non-ortho nitro benzene ring substituents is 1. The molecule has 0 aliphatic rings. The summed E-state index contributed by atoms with van der Waals surface area (Å²) in [7, 11) is -4.40. The van der Waals surface area contributed by atoms with Gasteiger partial charge in [0, 0.05) is 12.1 Å². The van der Waals surface area contributed by atoms with E-state index in [2.05, 4.69) is 11.6 Å². The molecule has 0 fully saturated rings. The predicted octanol–water partition coefficient (Wildman–Crippen LogP) is 0.447. The number of aromatic nitrogens is 2. The van der Waals surface area contributed by atoms with Crippen LogP contribution < -0.4 is 11.4 Å². The van der Waals surface area contributed by atoms with Crippen molar-refractivity contribution in [3.8, 4) is 0 Å². The first-order valence-corrected chi connectivity index (χ1v) is 7.42. The van der Waals surface area contributed by atoms with Crippen LogP contribution in [0.3, 0.4) is 0 Å². The van der Waals surface area contributed by atoms with Gasteiger partial charge in [-0.2, -0.15) is 4.98 Å². The van der Waals surface area contributed by atoms with E-state index in [4.69, 9.17) is 5.73 Å². The van der Waals surface area contributed by atoms with Crippen molar-refractivity contribution in [3.63, 3.8) is 0 Å². The van der Waals surface area contributed by atoms with E-state index in [9.17, 15) is 28.5 Å². The normalized spacial score (nSPS) is 11.1. The van der Waals surface area contributed by atoms with Crippen LogP contribution in [-0.4, -0.2) is 28.3 Å². The molecule has 23 heavy (non-hydrogen) atoms. The third-order valence-corrected chi connectivity index (χ3v) is 4.71. The second-order valence-corrected chi connectivity index (χ2v) is 6.13. The van der Waals surface area contributed by atoms with Crippen molar-refractivity contribution in [1.29, 1.82) is 0 Å². The fourth-order valence-electron chi connectivity index (χ4n) is 1.83. The molecule has 1 aromatic heterocycles. The number of benzene rings is 1. The minimum atomic E-state index is -4.40. The molecule has 2 rings (SSSR count). The zero-order chi connectivity index (χ0) is 17.4. The Kier molecular flexibility index (Phi) is 3.89. The maximum absolute atomic E-state index is 12.6. The summed E-state index contributed by atoms with van der Waals surface area (Å²) < 4.78 is 25.0. The molecule has 11 heteroatoms. The Balaban J connectivity index is 2.76. The van der Waals surface area contributed by atoms with E-state index in [1.165, 1.54) is 0 Å². The lowest BCUT2D eigenvalue weighted by Crippen LogP contribution is -2.29. The van der Waals surface area contributed by atoms with E-state index in [1.807, 2.05) is 0 Å². The van der Waals surface area contributed by atoms with Gasteiger partial charge in [-0.05, 0) is 12.1 Å². The summed E-state index contributed by atoms with van der Waals surface area (Å²) in [4.78, 5) is 24.3. The number of nitrogens with zero attached hydrogens (tertiary/aromatic N) is 3. The Morgan fingerprint density at radius 1 is 1.35 bits per heavy atom. The van der Waals surface area contributed by atoms with Crippen molar-refractivity contribution in [3.05, 3.63) is 57.0 Å². The molecule has 1 heterocycles. The quantitative estimate of drug-likeness (QED) is 0.352. The summed E-state index contributed by atoms with van der Waals surface area (Å²) in [5, 5.41) is 19.5. The maximum atomic E-state index is 12.6. The minimum Gasteiger partial charge on any atom is -0.423 e. The van der Waals surface area contributed by atoms with Gasteiger partial charge in [0.2, 0.25) is 9.84 Å². The number of nitrogen functional groups attached to an aromatic ring is 1. The molecule has 0 aliphatic heterocycles. The fourth-order valence-corrected chi connectivity index (χ4v) is 3.33. The number of hydrogen-bond donors (Lipinski definition) is 2. The number of rotatable bonds is 4. The van der Waals surface area contributed by atoms with Gasteiger partial charge in [-0.25, -0.2) is 13.2 Å². The van der Waals surface area contributed by atoms with Crippen molar-refractivity contribution >= 4 is 27.4 Å². The lowest BCUT2D eigenvalue weighted by atomic mass is 10.3. The maximum Gasteiger partial charge on any atom is 0.383 e. The van der Waals surface area contributed by atoms with Crippen LogP contribution >= 0.6 is 0 Å². The Bertz CT molecular complexity index is 962. The van der Waals surface area contributed by atoms with Crippen molar-refractivity contribution in [2.75, 3.05) is 5.73 Å². The molecule has 0 saturated heterocycles. The van der Waals surface area contributed by atoms with E-state index >= 15 is 0 Å². The van der Waals surface area contributed by atoms with Crippen LogP contribution in [0.25, 0.3) is 6.08 Å².